The van der Waals surface area contributed by atoms with Gasteiger partial charge in [0.25, 0.3) is 5.69 Å². The van der Waals surface area contributed by atoms with Gasteiger partial charge in [-0.25, -0.2) is 4.79 Å². The molecule has 8 nitrogen and oxygen atoms in total. The first kappa shape index (κ1) is 15.6. The molecule has 0 amide bonds. The fourth-order valence-corrected chi connectivity index (χ4v) is 2.10. The Kier molecular flexibility index (Phi) is 4.21. The van der Waals surface area contributed by atoms with E-state index < -0.39 is 10.9 Å². The summed E-state index contributed by atoms with van der Waals surface area (Å²) >= 11 is 5.71. The summed E-state index contributed by atoms with van der Waals surface area (Å²) in [6.45, 7) is 0. The van der Waals surface area contributed by atoms with Crippen LogP contribution in [0.1, 0.15) is 10.4 Å². The summed E-state index contributed by atoms with van der Waals surface area (Å²) in [6.07, 6.45) is 1.21. The second-order valence-corrected chi connectivity index (χ2v) is 4.99. The molecule has 24 heavy (non-hydrogen) atoms. The minimum atomic E-state index is -0.736. The molecule has 0 saturated carbocycles. The van der Waals surface area contributed by atoms with Gasteiger partial charge in [-0.1, -0.05) is 11.6 Å². The Bertz CT molecular complexity index is 894. The van der Waals surface area contributed by atoms with Gasteiger partial charge in [0.15, 0.2) is 0 Å². The van der Waals surface area contributed by atoms with Crippen LogP contribution in [-0.2, 0) is 0 Å². The smallest absolute Gasteiger partial charge is 0.343 e. The van der Waals surface area contributed by atoms with Crippen LogP contribution in [0.2, 0.25) is 5.02 Å². The van der Waals surface area contributed by atoms with Crippen molar-refractivity contribution in [3.05, 3.63) is 69.6 Å². The quantitative estimate of drug-likeness (QED) is 0.308. The van der Waals surface area contributed by atoms with E-state index in [1.165, 1.54) is 18.5 Å². The number of aromatic nitrogens is 2. The van der Waals surface area contributed by atoms with Crippen molar-refractivity contribution in [2.24, 2.45) is 0 Å². The van der Waals surface area contributed by atoms with E-state index in [9.17, 15) is 14.9 Å². The molecule has 1 heterocycles. The number of carbonyl (C=O) groups excluding carboxylic acids is 1. The van der Waals surface area contributed by atoms with Gasteiger partial charge in [-0.05, 0) is 36.4 Å². The highest BCUT2D eigenvalue weighted by atomic mass is 35.5. The number of halogens is 1. The maximum absolute atomic E-state index is 12.1. The normalized spacial score (nSPS) is 10.4. The first-order valence-electron chi connectivity index (χ1n) is 6.57. The van der Waals surface area contributed by atoms with Crippen LogP contribution in [0, 0.1) is 10.1 Å². The van der Waals surface area contributed by atoms with Crippen LogP contribution in [-0.4, -0.2) is 21.1 Å². The number of ether oxygens (including phenoxy) is 1. The van der Waals surface area contributed by atoms with Crippen molar-refractivity contribution < 1.29 is 18.9 Å². The molecule has 3 aromatic rings. The number of rotatable bonds is 4. The summed E-state index contributed by atoms with van der Waals surface area (Å²) < 4.78 is 10.2. The lowest BCUT2D eigenvalue weighted by Gasteiger charge is -2.05. The molecule has 0 fully saturated rings. The monoisotopic (exact) mass is 345 g/mol. The number of carbonyl (C=O) groups is 1. The third-order valence-electron chi connectivity index (χ3n) is 3.05. The van der Waals surface area contributed by atoms with E-state index in [-0.39, 0.29) is 22.0 Å². The van der Waals surface area contributed by atoms with E-state index in [4.69, 9.17) is 20.8 Å². The molecular formula is C15H8ClN3O5. The van der Waals surface area contributed by atoms with E-state index >= 15 is 0 Å². The minimum absolute atomic E-state index is 0.0204. The van der Waals surface area contributed by atoms with Gasteiger partial charge >= 0.3 is 5.97 Å². The average Bonchev–Trinajstić information content (AvgIpc) is 3.10. The molecule has 1 aromatic heterocycles. The van der Waals surface area contributed by atoms with Crippen LogP contribution in [0.5, 0.6) is 5.75 Å². The van der Waals surface area contributed by atoms with Crippen LogP contribution in [0.15, 0.2) is 53.3 Å². The lowest BCUT2D eigenvalue weighted by Crippen LogP contribution is -2.09. The largest absolute Gasteiger partial charge is 0.423 e. The van der Waals surface area contributed by atoms with E-state index in [1.807, 2.05) is 0 Å². The Morgan fingerprint density at radius 3 is 2.58 bits per heavy atom. The fraction of sp³-hybridized carbons (Fsp3) is 0. The van der Waals surface area contributed by atoms with Crippen molar-refractivity contribution in [3.63, 3.8) is 0 Å². The van der Waals surface area contributed by atoms with Crippen molar-refractivity contribution in [1.29, 1.82) is 0 Å². The van der Waals surface area contributed by atoms with Gasteiger partial charge < -0.3 is 9.15 Å². The van der Waals surface area contributed by atoms with Crippen LogP contribution in [0.3, 0.4) is 0 Å². The van der Waals surface area contributed by atoms with Crippen LogP contribution in [0.4, 0.5) is 5.69 Å². The Labute approximate surface area is 139 Å². The van der Waals surface area contributed by atoms with E-state index in [2.05, 4.69) is 10.2 Å². The number of nitro benzene ring substituents is 1. The number of nitrogens with zero attached hydrogens (tertiary/aromatic N) is 3. The highest BCUT2D eigenvalue weighted by Gasteiger charge is 2.17. The van der Waals surface area contributed by atoms with Gasteiger partial charge in [-0.2, -0.15) is 0 Å². The van der Waals surface area contributed by atoms with E-state index in [0.29, 0.717) is 11.5 Å². The minimum Gasteiger partial charge on any atom is -0.423 e. The molecule has 0 aliphatic rings. The summed E-state index contributed by atoms with van der Waals surface area (Å²) in [6, 6.07) is 10.1. The van der Waals surface area contributed by atoms with Crippen molar-refractivity contribution in [2.45, 2.75) is 0 Å². The van der Waals surface area contributed by atoms with Crippen LogP contribution < -0.4 is 4.74 Å². The molecule has 0 spiro atoms. The van der Waals surface area contributed by atoms with Crippen molar-refractivity contribution >= 4 is 23.3 Å². The van der Waals surface area contributed by atoms with Gasteiger partial charge in [0.05, 0.1) is 10.5 Å². The summed E-state index contributed by atoms with van der Waals surface area (Å²) in [5.74, 6) is -0.137. The first-order chi connectivity index (χ1) is 11.5. The average molecular weight is 346 g/mol. The predicted octanol–water partition coefficient (Wildman–Crippen LogP) is 3.52. The number of hydrogen-bond acceptors (Lipinski definition) is 7. The third-order valence-corrected chi connectivity index (χ3v) is 3.37. The van der Waals surface area contributed by atoms with Gasteiger partial charge in [0.1, 0.15) is 10.8 Å². The summed E-state index contributed by atoms with van der Waals surface area (Å²) in [4.78, 5) is 22.3. The maximum atomic E-state index is 12.1. The topological polar surface area (TPSA) is 108 Å². The zero-order valence-electron chi connectivity index (χ0n) is 11.9. The molecule has 0 radical (unpaired) electrons. The third kappa shape index (κ3) is 3.23. The molecule has 0 bridgehead atoms. The molecule has 9 heteroatoms. The molecule has 0 N–H and O–H groups in total. The van der Waals surface area contributed by atoms with Crippen LogP contribution in [0.25, 0.3) is 11.5 Å². The highest BCUT2D eigenvalue weighted by Crippen LogP contribution is 2.26. The van der Waals surface area contributed by atoms with Gasteiger partial charge in [0, 0.05) is 11.6 Å². The molecule has 0 unspecified atom stereocenters. The lowest BCUT2D eigenvalue weighted by atomic mass is 10.2. The molecule has 0 aliphatic carbocycles. The van der Waals surface area contributed by atoms with Crippen molar-refractivity contribution in [2.75, 3.05) is 0 Å². The van der Waals surface area contributed by atoms with Crippen molar-refractivity contribution in [1.82, 2.24) is 10.2 Å². The standard InChI is InChI=1S/C15H8ClN3O5/c16-12-6-3-10(7-13(12)19(21)22)15(20)24-11-4-1-9(2-5-11)14-18-17-8-23-14/h1-8H. The fourth-order valence-electron chi connectivity index (χ4n) is 1.91. The Morgan fingerprint density at radius 1 is 1.21 bits per heavy atom. The maximum Gasteiger partial charge on any atom is 0.343 e. The Hall–Kier alpha value is -3.26. The zero-order valence-corrected chi connectivity index (χ0v) is 12.6. The molecule has 2 aromatic carbocycles. The molecule has 120 valence electrons. The predicted molar refractivity (Wildman–Crippen MR) is 82.8 cm³/mol. The van der Waals surface area contributed by atoms with E-state index in [0.717, 1.165) is 6.07 Å². The number of esters is 1. The number of benzene rings is 2. The van der Waals surface area contributed by atoms with Gasteiger partial charge in [0.2, 0.25) is 12.3 Å². The first-order valence-corrected chi connectivity index (χ1v) is 6.95. The zero-order chi connectivity index (χ0) is 17.1. The van der Waals surface area contributed by atoms with Gasteiger partial charge in [-0.15, -0.1) is 10.2 Å². The second kappa shape index (κ2) is 6.47. The summed E-state index contributed by atoms with van der Waals surface area (Å²) in [5, 5.41) is 18.1. The van der Waals surface area contributed by atoms with Crippen molar-refractivity contribution in [3.8, 4) is 17.2 Å². The highest BCUT2D eigenvalue weighted by molar-refractivity contribution is 6.32. The lowest BCUT2D eigenvalue weighted by molar-refractivity contribution is -0.384. The van der Waals surface area contributed by atoms with Gasteiger partial charge in [-0.3, -0.25) is 10.1 Å². The Balaban J connectivity index is 1.77. The molecule has 3 rings (SSSR count). The molecule has 0 atom stereocenters. The molecular weight excluding hydrogens is 338 g/mol. The second-order valence-electron chi connectivity index (χ2n) is 4.58. The number of nitro groups is 1. The summed E-state index contributed by atoms with van der Waals surface area (Å²) in [7, 11) is 0. The summed E-state index contributed by atoms with van der Waals surface area (Å²) in [5.41, 5.74) is 0.319. The number of hydrogen-bond donors (Lipinski definition) is 0. The van der Waals surface area contributed by atoms with E-state index in [1.54, 1.807) is 24.3 Å². The Morgan fingerprint density at radius 2 is 1.96 bits per heavy atom. The molecule has 0 saturated heterocycles. The van der Waals surface area contributed by atoms with Crippen LogP contribution >= 0.6 is 11.6 Å². The SMILES string of the molecule is O=C(Oc1ccc(-c2nnco2)cc1)c1ccc(Cl)c([N+](=O)[O-])c1. The molecule has 0 aliphatic heterocycles.